The highest BCUT2D eigenvalue weighted by atomic mass is 16.5. The summed E-state index contributed by atoms with van der Waals surface area (Å²) >= 11 is 0. The van der Waals surface area contributed by atoms with Gasteiger partial charge in [-0.25, -0.2) is 4.99 Å². The third-order valence-electron chi connectivity index (χ3n) is 5.12. The summed E-state index contributed by atoms with van der Waals surface area (Å²) in [7, 11) is 0. The molecule has 7 heteroatoms. The Kier molecular flexibility index (Phi) is 4.43. The molecular formula is C17H27N5O2. The van der Waals surface area contributed by atoms with E-state index in [2.05, 4.69) is 39.6 Å². The van der Waals surface area contributed by atoms with E-state index in [1.54, 1.807) is 0 Å². The van der Waals surface area contributed by atoms with Crippen molar-refractivity contribution >= 4 is 5.96 Å². The van der Waals surface area contributed by atoms with Crippen LogP contribution in [-0.4, -0.2) is 40.9 Å². The molecule has 3 aliphatic rings. The first-order valence-corrected chi connectivity index (χ1v) is 9.20. The summed E-state index contributed by atoms with van der Waals surface area (Å²) in [5, 5.41) is 11.0. The first-order chi connectivity index (χ1) is 11.7. The average Bonchev–Trinajstić information content (AvgIpc) is 3.40. The Morgan fingerprint density at radius 1 is 1.38 bits per heavy atom. The van der Waals surface area contributed by atoms with Gasteiger partial charge in [0.25, 0.3) is 0 Å². The largest absolute Gasteiger partial charge is 0.376 e. The maximum atomic E-state index is 5.77. The third kappa shape index (κ3) is 3.88. The molecule has 1 aromatic heterocycles. The van der Waals surface area contributed by atoms with Gasteiger partial charge in [-0.3, -0.25) is 0 Å². The van der Waals surface area contributed by atoms with Crippen LogP contribution in [-0.2, 0) is 11.3 Å². The Bertz CT molecular complexity index is 592. The molecule has 2 N–H and O–H groups in total. The number of aliphatic imine (C=N–C) groups is 1. The smallest absolute Gasteiger partial charge is 0.248 e. The fourth-order valence-corrected chi connectivity index (χ4v) is 3.12. The van der Waals surface area contributed by atoms with Crippen LogP contribution >= 0.6 is 0 Å². The van der Waals surface area contributed by atoms with Crippen LogP contribution in [0.2, 0.25) is 0 Å². The summed E-state index contributed by atoms with van der Waals surface area (Å²) < 4.78 is 11.1. The number of hydrogen-bond acceptors (Lipinski definition) is 5. The van der Waals surface area contributed by atoms with Crippen molar-refractivity contribution in [2.75, 3.05) is 6.61 Å². The summed E-state index contributed by atoms with van der Waals surface area (Å²) in [6.07, 6.45) is 6.06. The molecular weight excluding hydrogens is 306 g/mol. The predicted octanol–water partition coefficient (Wildman–Crippen LogP) is 1.96. The molecule has 7 nitrogen and oxygen atoms in total. The van der Waals surface area contributed by atoms with Gasteiger partial charge in [-0.2, -0.15) is 4.98 Å². The molecule has 0 radical (unpaired) electrons. The van der Waals surface area contributed by atoms with E-state index in [9.17, 15) is 0 Å². The standard InChI is InChI=1S/C17H27N5O2/c1-10-8-13(10)20-17(19-11(2)14-4-3-7-23-14)18-9-15-21-16(22-24-15)12-5-6-12/h10-14H,3-9H2,1-2H3,(H2,18,19,20)/t10-,11-,13+,14-/m1/s1. The average molecular weight is 333 g/mol. The Morgan fingerprint density at radius 3 is 2.88 bits per heavy atom. The minimum Gasteiger partial charge on any atom is -0.376 e. The van der Waals surface area contributed by atoms with Gasteiger partial charge in [0.2, 0.25) is 5.89 Å². The highest BCUT2D eigenvalue weighted by Crippen LogP contribution is 2.38. The van der Waals surface area contributed by atoms with Crippen molar-refractivity contribution < 1.29 is 9.26 Å². The van der Waals surface area contributed by atoms with E-state index in [0.29, 0.717) is 30.3 Å². The van der Waals surface area contributed by atoms with Crippen molar-refractivity contribution in [1.29, 1.82) is 0 Å². The Labute approximate surface area is 142 Å². The van der Waals surface area contributed by atoms with Crippen molar-refractivity contribution in [3.63, 3.8) is 0 Å². The van der Waals surface area contributed by atoms with Gasteiger partial charge in [-0.15, -0.1) is 0 Å². The first-order valence-electron chi connectivity index (χ1n) is 9.20. The van der Waals surface area contributed by atoms with Crippen LogP contribution in [0.25, 0.3) is 0 Å². The molecule has 132 valence electrons. The van der Waals surface area contributed by atoms with Crippen LogP contribution < -0.4 is 10.6 Å². The van der Waals surface area contributed by atoms with Crippen molar-refractivity contribution in [2.45, 2.75) is 76.6 Å². The quantitative estimate of drug-likeness (QED) is 0.611. The third-order valence-corrected chi connectivity index (χ3v) is 5.12. The molecule has 3 fully saturated rings. The second-order valence-corrected chi connectivity index (χ2v) is 7.43. The molecule has 1 aliphatic heterocycles. The van der Waals surface area contributed by atoms with Crippen LogP contribution in [0.15, 0.2) is 9.52 Å². The second kappa shape index (κ2) is 6.70. The molecule has 4 rings (SSSR count). The Morgan fingerprint density at radius 2 is 2.21 bits per heavy atom. The van der Waals surface area contributed by atoms with Crippen LogP contribution in [0.3, 0.4) is 0 Å². The lowest BCUT2D eigenvalue weighted by Crippen LogP contribution is -2.48. The molecule has 1 aromatic rings. The fourth-order valence-electron chi connectivity index (χ4n) is 3.12. The van der Waals surface area contributed by atoms with E-state index in [1.807, 2.05) is 0 Å². The Hall–Kier alpha value is -1.63. The van der Waals surface area contributed by atoms with Crippen molar-refractivity contribution in [3.8, 4) is 0 Å². The van der Waals surface area contributed by atoms with Crippen molar-refractivity contribution in [2.24, 2.45) is 10.9 Å². The number of nitrogens with one attached hydrogen (secondary N) is 2. The molecule has 0 bridgehead atoms. The van der Waals surface area contributed by atoms with Crippen LogP contribution in [0.1, 0.15) is 63.6 Å². The van der Waals surface area contributed by atoms with Crippen molar-refractivity contribution in [3.05, 3.63) is 11.7 Å². The summed E-state index contributed by atoms with van der Waals surface area (Å²) in [5.74, 6) is 3.46. The lowest BCUT2D eigenvalue weighted by atomic mass is 10.1. The maximum absolute atomic E-state index is 5.77. The molecule has 2 aliphatic carbocycles. The molecule has 2 heterocycles. The van der Waals surface area contributed by atoms with E-state index in [-0.39, 0.29) is 12.1 Å². The van der Waals surface area contributed by atoms with Crippen LogP contribution in [0.5, 0.6) is 0 Å². The summed E-state index contributed by atoms with van der Waals surface area (Å²) in [6, 6.07) is 0.746. The monoisotopic (exact) mass is 333 g/mol. The van der Waals surface area contributed by atoms with E-state index in [4.69, 9.17) is 9.26 Å². The molecule has 1 saturated heterocycles. The van der Waals surface area contributed by atoms with Crippen LogP contribution in [0.4, 0.5) is 0 Å². The SMILES string of the molecule is C[C@@H]1C[C@@H]1NC(=NCc1nc(C2CC2)no1)N[C@H](C)[C@H]1CCCO1. The number of nitrogens with zero attached hydrogens (tertiary/aromatic N) is 3. The summed E-state index contributed by atoms with van der Waals surface area (Å²) in [4.78, 5) is 9.10. The number of ether oxygens (including phenoxy) is 1. The minimum absolute atomic E-state index is 0.234. The molecule has 24 heavy (non-hydrogen) atoms. The van der Waals surface area contributed by atoms with Gasteiger partial charge in [0, 0.05) is 18.6 Å². The van der Waals surface area contributed by atoms with Gasteiger partial charge >= 0.3 is 0 Å². The van der Waals surface area contributed by atoms with Gasteiger partial charge in [-0.1, -0.05) is 12.1 Å². The van der Waals surface area contributed by atoms with E-state index in [0.717, 1.165) is 31.2 Å². The first kappa shape index (κ1) is 15.9. The van der Waals surface area contributed by atoms with Gasteiger partial charge in [0.05, 0.1) is 12.1 Å². The lowest BCUT2D eigenvalue weighted by molar-refractivity contribution is 0.0890. The van der Waals surface area contributed by atoms with Crippen molar-refractivity contribution in [1.82, 2.24) is 20.8 Å². The minimum atomic E-state index is 0.234. The highest BCUT2D eigenvalue weighted by Gasteiger charge is 2.34. The van der Waals surface area contributed by atoms with E-state index >= 15 is 0 Å². The molecule has 2 saturated carbocycles. The highest BCUT2D eigenvalue weighted by molar-refractivity contribution is 5.80. The molecule has 0 spiro atoms. The van der Waals surface area contributed by atoms with Gasteiger partial charge in [0.15, 0.2) is 11.8 Å². The van der Waals surface area contributed by atoms with E-state index < -0.39 is 0 Å². The van der Waals surface area contributed by atoms with Gasteiger partial charge in [-0.05, 0) is 44.9 Å². The normalized spacial score (nSPS) is 31.1. The maximum Gasteiger partial charge on any atom is 0.248 e. The zero-order valence-electron chi connectivity index (χ0n) is 14.5. The number of aromatic nitrogens is 2. The molecule has 0 aromatic carbocycles. The van der Waals surface area contributed by atoms with E-state index in [1.165, 1.54) is 19.3 Å². The van der Waals surface area contributed by atoms with Gasteiger partial charge in [0.1, 0.15) is 6.54 Å². The number of hydrogen-bond donors (Lipinski definition) is 2. The summed E-state index contributed by atoms with van der Waals surface area (Å²) in [6.45, 7) is 5.68. The predicted molar refractivity (Wildman–Crippen MR) is 89.7 cm³/mol. The summed E-state index contributed by atoms with van der Waals surface area (Å²) in [5.41, 5.74) is 0. The topological polar surface area (TPSA) is 84.6 Å². The molecule has 0 amide bonds. The zero-order valence-corrected chi connectivity index (χ0v) is 14.5. The second-order valence-electron chi connectivity index (χ2n) is 7.43. The Balaban J connectivity index is 1.37. The molecule has 4 atom stereocenters. The lowest BCUT2D eigenvalue weighted by Gasteiger charge is -2.22. The number of guanidine groups is 1. The molecule has 0 unspecified atom stereocenters. The fraction of sp³-hybridized carbons (Fsp3) is 0.824. The number of rotatable bonds is 6. The zero-order chi connectivity index (χ0) is 16.5. The van der Waals surface area contributed by atoms with Gasteiger partial charge < -0.3 is 19.9 Å². The van der Waals surface area contributed by atoms with Crippen LogP contribution in [0, 0.1) is 5.92 Å².